The number of nitrogens with two attached hydrogens (primary N) is 1. The molecule has 1 atom stereocenters. The number of hydrogen-bond acceptors (Lipinski definition) is 2. The predicted octanol–water partition coefficient (Wildman–Crippen LogP) is 3.84. The average molecular weight is 279 g/mol. The molecule has 0 saturated heterocycles. The van der Waals surface area contributed by atoms with Crippen LogP contribution in [0.5, 0.6) is 0 Å². The first-order valence-electron chi connectivity index (χ1n) is 6.99. The number of benzene rings is 3. The van der Waals surface area contributed by atoms with Crippen LogP contribution >= 0.6 is 0 Å². The van der Waals surface area contributed by atoms with Gasteiger partial charge in [-0.25, -0.2) is 0 Å². The molecule has 3 nitrogen and oxygen atoms in total. The van der Waals surface area contributed by atoms with Crippen LogP contribution in [0.15, 0.2) is 48.5 Å². The molecule has 3 aromatic carbocycles. The minimum Gasteiger partial charge on any atom is -0.481 e. The van der Waals surface area contributed by atoms with E-state index in [0.29, 0.717) is 6.42 Å². The number of hydrogen-bond donors (Lipinski definition) is 2. The van der Waals surface area contributed by atoms with E-state index in [9.17, 15) is 9.90 Å². The zero-order valence-electron chi connectivity index (χ0n) is 11.8. The van der Waals surface area contributed by atoms with Crippen LogP contribution in [0.4, 0.5) is 5.69 Å². The lowest BCUT2D eigenvalue weighted by Gasteiger charge is -2.14. The minimum atomic E-state index is -0.772. The van der Waals surface area contributed by atoms with Crippen LogP contribution in [-0.4, -0.2) is 11.1 Å². The first-order chi connectivity index (χ1) is 10.1. The fraction of sp³-hybridized carbons (Fsp3) is 0.167. The van der Waals surface area contributed by atoms with Gasteiger partial charge in [0, 0.05) is 5.69 Å². The standard InChI is InChI=1S/C18H17NO2/c1-11(18(20)21)8-17-15-5-3-2-4-12(15)9-13-10-14(19)6-7-16(13)17/h2-7,9-11H,8,19H2,1H3,(H,20,21). The van der Waals surface area contributed by atoms with E-state index in [4.69, 9.17) is 5.73 Å². The van der Waals surface area contributed by atoms with Crippen molar-refractivity contribution in [3.05, 3.63) is 54.1 Å². The summed E-state index contributed by atoms with van der Waals surface area (Å²) in [5.41, 5.74) is 7.67. The second kappa shape index (κ2) is 5.09. The van der Waals surface area contributed by atoms with Crippen LogP contribution in [0.1, 0.15) is 12.5 Å². The van der Waals surface area contributed by atoms with Crippen molar-refractivity contribution >= 4 is 33.2 Å². The second-order valence-electron chi connectivity index (χ2n) is 5.50. The lowest BCUT2D eigenvalue weighted by Crippen LogP contribution is -2.12. The third kappa shape index (κ3) is 2.42. The highest BCUT2D eigenvalue weighted by Gasteiger charge is 2.16. The molecule has 0 aromatic heterocycles. The summed E-state index contributed by atoms with van der Waals surface area (Å²) in [4.78, 5) is 11.2. The van der Waals surface area contributed by atoms with Crippen molar-refractivity contribution in [1.29, 1.82) is 0 Å². The first-order valence-corrected chi connectivity index (χ1v) is 6.99. The van der Waals surface area contributed by atoms with Crippen molar-refractivity contribution < 1.29 is 9.90 Å². The van der Waals surface area contributed by atoms with Crippen molar-refractivity contribution in [3.8, 4) is 0 Å². The lowest BCUT2D eigenvalue weighted by molar-refractivity contribution is -0.141. The van der Waals surface area contributed by atoms with Gasteiger partial charge in [-0.05, 0) is 51.7 Å². The highest BCUT2D eigenvalue weighted by Crippen LogP contribution is 2.31. The zero-order chi connectivity index (χ0) is 15.0. The normalized spacial score (nSPS) is 12.6. The summed E-state index contributed by atoms with van der Waals surface area (Å²) in [5, 5.41) is 13.6. The third-order valence-electron chi connectivity index (χ3n) is 3.93. The number of carbonyl (C=O) groups is 1. The molecule has 3 rings (SSSR count). The van der Waals surface area contributed by atoms with Gasteiger partial charge in [-0.15, -0.1) is 0 Å². The topological polar surface area (TPSA) is 63.3 Å². The number of carboxylic acids is 1. The van der Waals surface area contributed by atoms with Crippen molar-refractivity contribution in [2.75, 3.05) is 5.73 Å². The Morgan fingerprint density at radius 2 is 1.81 bits per heavy atom. The SMILES string of the molecule is CC(Cc1c2ccccc2cc2cc(N)ccc12)C(=O)O. The minimum absolute atomic E-state index is 0.420. The largest absolute Gasteiger partial charge is 0.481 e. The van der Waals surface area contributed by atoms with Gasteiger partial charge in [0.05, 0.1) is 5.92 Å². The molecule has 0 heterocycles. The molecule has 0 aliphatic rings. The number of aliphatic carboxylic acids is 1. The van der Waals surface area contributed by atoms with Gasteiger partial charge in [0.1, 0.15) is 0 Å². The highest BCUT2D eigenvalue weighted by molar-refractivity contribution is 6.03. The van der Waals surface area contributed by atoms with Crippen LogP contribution in [0, 0.1) is 5.92 Å². The second-order valence-corrected chi connectivity index (χ2v) is 5.50. The molecular weight excluding hydrogens is 262 g/mol. The van der Waals surface area contributed by atoms with Gasteiger partial charge in [0.15, 0.2) is 0 Å². The van der Waals surface area contributed by atoms with Crippen molar-refractivity contribution in [1.82, 2.24) is 0 Å². The smallest absolute Gasteiger partial charge is 0.306 e. The van der Waals surface area contributed by atoms with E-state index in [0.717, 1.165) is 32.8 Å². The fourth-order valence-corrected chi connectivity index (χ4v) is 2.80. The molecule has 0 aliphatic heterocycles. The Kier molecular flexibility index (Phi) is 3.26. The molecule has 3 N–H and O–H groups in total. The van der Waals surface area contributed by atoms with E-state index in [1.54, 1.807) is 6.92 Å². The lowest BCUT2D eigenvalue weighted by atomic mass is 9.90. The molecule has 0 fully saturated rings. The van der Waals surface area contributed by atoms with E-state index in [-0.39, 0.29) is 0 Å². The third-order valence-corrected chi connectivity index (χ3v) is 3.93. The summed E-state index contributed by atoms with van der Waals surface area (Å²) in [5.74, 6) is -1.19. The molecule has 21 heavy (non-hydrogen) atoms. The molecular formula is C18H17NO2. The Bertz CT molecular complexity index is 839. The Hall–Kier alpha value is -2.55. The number of rotatable bonds is 3. The Balaban J connectivity index is 2.32. The molecule has 0 amide bonds. The van der Waals surface area contributed by atoms with Gasteiger partial charge >= 0.3 is 5.97 Å². The van der Waals surface area contributed by atoms with Crippen LogP contribution in [-0.2, 0) is 11.2 Å². The molecule has 0 radical (unpaired) electrons. The van der Waals surface area contributed by atoms with Crippen molar-refractivity contribution in [3.63, 3.8) is 0 Å². The van der Waals surface area contributed by atoms with Crippen molar-refractivity contribution in [2.45, 2.75) is 13.3 Å². The average Bonchev–Trinajstić information content (AvgIpc) is 2.46. The van der Waals surface area contributed by atoms with Crippen LogP contribution in [0.3, 0.4) is 0 Å². The monoisotopic (exact) mass is 279 g/mol. The summed E-state index contributed by atoms with van der Waals surface area (Å²) in [6.07, 6.45) is 0.511. The summed E-state index contributed by atoms with van der Waals surface area (Å²) >= 11 is 0. The van der Waals surface area contributed by atoms with Gasteiger partial charge in [-0.1, -0.05) is 37.3 Å². The Labute approximate surface area is 123 Å². The summed E-state index contributed by atoms with van der Waals surface area (Å²) in [6, 6.07) is 16.0. The van der Waals surface area contributed by atoms with Gasteiger partial charge in [-0.2, -0.15) is 0 Å². The molecule has 1 unspecified atom stereocenters. The maximum absolute atomic E-state index is 11.2. The van der Waals surface area contributed by atoms with Gasteiger partial charge < -0.3 is 10.8 Å². The summed E-state index contributed by atoms with van der Waals surface area (Å²) < 4.78 is 0. The number of nitrogen functional groups attached to an aromatic ring is 1. The van der Waals surface area contributed by atoms with E-state index in [1.807, 2.05) is 36.4 Å². The van der Waals surface area contributed by atoms with Crippen LogP contribution < -0.4 is 5.73 Å². The van der Waals surface area contributed by atoms with Crippen LogP contribution in [0.25, 0.3) is 21.5 Å². The van der Waals surface area contributed by atoms with Gasteiger partial charge in [-0.3, -0.25) is 4.79 Å². The van der Waals surface area contributed by atoms with Gasteiger partial charge in [0.25, 0.3) is 0 Å². The number of fused-ring (bicyclic) bond motifs is 2. The molecule has 3 heteroatoms. The molecule has 106 valence electrons. The van der Waals surface area contributed by atoms with Gasteiger partial charge in [0.2, 0.25) is 0 Å². The predicted molar refractivity (Wildman–Crippen MR) is 86.4 cm³/mol. The summed E-state index contributed by atoms with van der Waals surface area (Å²) in [6.45, 7) is 1.74. The Morgan fingerprint density at radius 3 is 2.57 bits per heavy atom. The highest BCUT2D eigenvalue weighted by atomic mass is 16.4. The van der Waals surface area contributed by atoms with E-state index < -0.39 is 11.9 Å². The van der Waals surface area contributed by atoms with E-state index in [2.05, 4.69) is 12.1 Å². The molecule has 0 saturated carbocycles. The molecule has 0 aliphatic carbocycles. The number of carboxylic acid groups (broad SMARTS) is 1. The maximum Gasteiger partial charge on any atom is 0.306 e. The molecule has 0 bridgehead atoms. The quantitative estimate of drug-likeness (QED) is 0.565. The number of anilines is 1. The maximum atomic E-state index is 11.2. The molecule has 3 aromatic rings. The fourth-order valence-electron chi connectivity index (χ4n) is 2.80. The zero-order valence-corrected chi connectivity index (χ0v) is 11.8. The summed E-state index contributed by atoms with van der Waals surface area (Å²) in [7, 11) is 0. The van der Waals surface area contributed by atoms with E-state index >= 15 is 0 Å². The first kappa shape index (κ1) is 13.4. The van der Waals surface area contributed by atoms with E-state index in [1.165, 1.54) is 0 Å². The Morgan fingerprint density at radius 1 is 1.10 bits per heavy atom. The van der Waals surface area contributed by atoms with Crippen LogP contribution in [0.2, 0.25) is 0 Å². The molecule has 0 spiro atoms. The van der Waals surface area contributed by atoms with Crippen molar-refractivity contribution in [2.24, 2.45) is 5.92 Å².